The molecule has 1 amide bonds. The summed E-state index contributed by atoms with van der Waals surface area (Å²) >= 11 is 0. The molecule has 0 aliphatic rings. The Labute approximate surface area is 124 Å². The molecule has 1 aromatic rings. The summed E-state index contributed by atoms with van der Waals surface area (Å²) in [4.78, 5) is 13.2. The largest absolute Gasteiger partial charge is 0.489 e. The van der Waals surface area contributed by atoms with Crippen molar-refractivity contribution in [2.24, 2.45) is 0 Å². The normalized spacial score (nSPS) is 10.7. The van der Waals surface area contributed by atoms with Gasteiger partial charge in [-0.05, 0) is 37.9 Å². The van der Waals surface area contributed by atoms with Crippen LogP contribution in [0.1, 0.15) is 31.9 Å². The summed E-state index contributed by atoms with van der Waals surface area (Å²) in [5, 5.41) is 27.3. The first-order valence-corrected chi connectivity index (χ1v) is 6.47. The lowest BCUT2D eigenvalue weighted by atomic mass is 9.77. The molecule has 1 aromatic carbocycles. The molecule has 0 atom stereocenters. The minimum absolute atomic E-state index is 0.140. The van der Waals surface area contributed by atoms with Crippen molar-refractivity contribution in [2.75, 3.05) is 7.05 Å². The highest BCUT2D eigenvalue weighted by Gasteiger charge is 2.21. The molecule has 0 bridgehead atoms. The molecule has 7 heteroatoms. The molecule has 0 saturated carbocycles. The third-order valence-electron chi connectivity index (χ3n) is 2.64. The van der Waals surface area contributed by atoms with Gasteiger partial charge < -0.3 is 19.7 Å². The molecule has 1 rings (SSSR count). The Hall–Kier alpha value is -2.04. The topological polar surface area (TPSA) is 93.8 Å². The van der Waals surface area contributed by atoms with E-state index in [1.165, 1.54) is 17.0 Å². The summed E-state index contributed by atoms with van der Waals surface area (Å²) in [7, 11) is -0.105. The van der Waals surface area contributed by atoms with Crippen LogP contribution < -0.4 is 5.46 Å². The maximum Gasteiger partial charge on any atom is 0.489 e. The van der Waals surface area contributed by atoms with Crippen LogP contribution in [0.3, 0.4) is 0 Å². The Morgan fingerprint density at radius 3 is 2.52 bits per heavy atom. The SMILES string of the molecule is CN(Cc1ccc(B(O)O)c(C#N)c1)C(=O)OC(C)(C)C. The first-order valence-electron chi connectivity index (χ1n) is 6.47. The molecule has 0 saturated heterocycles. The predicted octanol–water partition coefficient (Wildman–Crippen LogP) is 0.605. The van der Waals surface area contributed by atoms with Gasteiger partial charge in [-0.25, -0.2) is 4.79 Å². The number of benzene rings is 1. The number of hydrogen-bond donors (Lipinski definition) is 2. The molecule has 0 aromatic heterocycles. The van der Waals surface area contributed by atoms with Gasteiger partial charge in [0.15, 0.2) is 0 Å². The van der Waals surface area contributed by atoms with Gasteiger partial charge in [0, 0.05) is 13.6 Å². The lowest BCUT2D eigenvalue weighted by Crippen LogP contribution is -2.34. The standard InChI is InChI=1S/C14H19BN2O4/c1-14(2,3)21-13(18)17(4)9-10-5-6-12(15(19)20)11(7-10)8-16/h5-7,19-20H,9H2,1-4H3. The Bertz CT molecular complexity index is 561. The van der Waals surface area contributed by atoms with Gasteiger partial charge in [0.05, 0.1) is 11.6 Å². The number of nitriles is 1. The maximum absolute atomic E-state index is 11.9. The molecule has 0 aliphatic heterocycles. The average Bonchev–Trinajstić information content (AvgIpc) is 2.36. The molecule has 0 unspecified atom stereocenters. The fourth-order valence-corrected chi connectivity index (χ4v) is 1.70. The Morgan fingerprint density at radius 1 is 1.43 bits per heavy atom. The van der Waals surface area contributed by atoms with Crippen LogP contribution in [0.5, 0.6) is 0 Å². The fraction of sp³-hybridized carbons (Fsp3) is 0.429. The van der Waals surface area contributed by atoms with Crippen LogP contribution in [0.15, 0.2) is 18.2 Å². The van der Waals surface area contributed by atoms with E-state index < -0.39 is 18.8 Å². The minimum Gasteiger partial charge on any atom is -0.444 e. The van der Waals surface area contributed by atoms with Crippen LogP contribution in [0.25, 0.3) is 0 Å². The van der Waals surface area contributed by atoms with E-state index in [1.54, 1.807) is 33.9 Å². The third-order valence-corrected chi connectivity index (χ3v) is 2.64. The number of nitrogens with zero attached hydrogens (tertiary/aromatic N) is 2. The van der Waals surface area contributed by atoms with E-state index in [1.807, 2.05) is 6.07 Å². The summed E-state index contributed by atoms with van der Waals surface area (Å²) in [6, 6.07) is 6.52. The lowest BCUT2D eigenvalue weighted by Gasteiger charge is -2.24. The number of ether oxygens (including phenoxy) is 1. The van der Waals surface area contributed by atoms with E-state index in [0.29, 0.717) is 5.56 Å². The molecule has 0 fully saturated rings. The molecule has 0 heterocycles. The van der Waals surface area contributed by atoms with Crippen molar-refractivity contribution in [2.45, 2.75) is 32.9 Å². The lowest BCUT2D eigenvalue weighted by molar-refractivity contribution is 0.0285. The van der Waals surface area contributed by atoms with Crippen molar-refractivity contribution < 1.29 is 19.6 Å². The average molecular weight is 290 g/mol. The maximum atomic E-state index is 11.9. The van der Waals surface area contributed by atoms with E-state index in [2.05, 4.69) is 0 Å². The van der Waals surface area contributed by atoms with Crippen LogP contribution in [0, 0.1) is 11.3 Å². The summed E-state index contributed by atoms with van der Waals surface area (Å²) in [6.45, 7) is 5.60. The van der Waals surface area contributed by atoms with E-state index >= 15 is 0 Å². The summed E-state index contributed by atoms with van der Waals surface area (Å²) < 4.78 is 5.23. The second-order valence-electron chi connectivity index (χ2n) is 5.74. The highest BCUT2D eigenvalue weighted by atomic mass is 16.6. The van der Waals surface area contributed by atoms with Crippen LogP contribution in [-0.4, -0.2) is 40.8 Å². The van der Waals surface area contributed by atoms with Gasteiger partial charge in [-0.2, -0.15) is 5.26 Å². The number of carbonyl (C=O) groups is 1. The number of rotatable bonds is 3. The van der Waals surface area contributed by atoms with Crippen LogP contribution >= 0.6 is 0 Å². The molecule has 0 spiro atoms. The van der Waals surface area contributed by atoms with E-state index in [9.17, 15) is 4.79 Å². The zero-order valence-corrected chi connectivity index (χ0v) is 12.6. The third kappa shape index (κ3) is 5.10. The predicted molar refractivity (Wildman–Crippen MR) is 78.7 cm³/mol. The summed E-state index contributed by atoms with van der Waals surface area (Å²) in [5.41, 5.74) is 0.430. The van der Waals surface area contributed by atoms with Crippen LogP contribution in [0.2, 0.25) is 0 Å². The Balaban J connectivity index is 2.84. The van der Waals surface area contributed by atoms with Gasteiger partial charge in [-0.1, -0.05) is 12.1 Å². The molecule has 21 heavy (non-hydrogen) atoms. The van der Waals surface area contributed by atoms with E-state index in [-0.39, 0.29) is 17.6 Å². The Kier molecular flexibility index (Phi) is 5.36. The van der Waals surface area contributed by atoms with Gasteiger partial charge in [-0.15, -0.1) is 0 Å². The molecule has 112 valence electrons. The van der Waals surface area contributed by atoms with Gasteiger partial charge in [0.25, 0.3) is 0 Å². The highest BCUT2D eigenvalue weighted by molar-refractivity contribution is 6.59. The number of carbonyl (C=O) groups excluding carboxylic acids is 1. The van der Waals surface area contributed by atoms with Gasteiger partial charge in [-0.3, -0.25) is 0 Å². The monoisotopic (exact) mass is 290 g/mol. The molecule has 6 nitrogen and oxygen atoms in total. The highest BCUT2D eigenvalue weighted by Crippen LogP contribution is 2.12. The van der Waals surface area contributed by atoms with Crippen molar-refractivity contribution in [3.05, 3.63) is 29.3 Å². The summed E-state index contributed by atoms with van der Waals surface area (Å²) in [5.74, 6) is 0. The smallest absolute Gasteiger partial charge is 0.444 e. The molecule has 0 aliphatic carbocycles. The zero-order valence-electron chi connectivity index (χ0n) is 12.6. The number of amides is 1. The molecule has 2 N–H and O–H groups in total. The van der Waals surface area contributed by atoms with Crippen molar-refractivity contribution in [3.63, 3.8) is 0 Å². The van der Waals surface area contributed by atoms with Crippen molar-refractivity contribution in [1.82, 2.24) is 4.90 Å². The van der Waals surface area contributed by atoms with Gasteiger partial charge >= 0.3 is 13.2 Å². The van der Waals surface area contributed by atoms with Crippen molar-refractivity contribution >= 4 is 18.7 Å². The van der Waals surface area contributed by atoms with Crippen LogP contribution in [-0.2, 0) is 11.3 Å². The number of hydrogen-bond acceptors (Lipinski definition) is 5. The van der Waals surface area contributed by atoms with E-state index in [4.69, 9.17) is 20.0 Å². The molecular formula is C14H19BN2O4. The van der Waals surface area contributed by atoms with Gasteiger partial charge in [0.2, 0.25) is 0 Å². The second-order valence-corrected chi connectivity index (χ2v) is 5.74. The van der Waals surface area contributed by atoms with Gasteiger partial charge in [0.1, 0.15) is 5.60 Å². The fourth-order valence-electron chi connectivity index (χ4n) is 1.70. The van der Waals surface area contributed by atoms with Crippen LogP contribution in [0.4, 0.5) is 4.79 Å². The van der Waals surface area contributed by atoms with E-state index in [0.717, 1.165) is 0 Å². The van der Waals surface area contributed by atoms with Crippen molar-refractivity contribution in [3.8, 4) is 6.07 Å². The quantitative estimate of drug-likeness (QED) is 0.795. The minimum atomic E-state index is -1.70. The Morgan fingerprint density at radius 2 is 2.05 bits per heavy atom. The molecular weight excluding hydrogens is 271 g/mol. The van der Waals surface area contributed by atoms with Crippen molar-refractivity contribution in [1.29, 1.82) is 5.26 Å². The zero-order chi connectivity index (χ0) is 16.2. The first-order chi connectivity index (χ1) is 9.64. The summed E-state index contributed by atoms with van der Waals surface area (Å²) in [6.07, 6.45) is -0.465. The molecule has 0 radical (unpaired) electrons. The second kappa shape index (κ2) is 6.61. The first kappa shape index (κ1) is 17.0.